The third-order valence-electron chi connectivity index (χ3n) is 5.48. The Hall–Kier alpha value is -2.97. The van der Waals surface area contributed by atoms with Crippen molar-refractivity contribution in [3.05, 3.63) is 53.3 Å². The van der Waals surface area contributed by atoms with E-state index in [9.17, 15) is 22.8 Å². The minimum Gasteiger partial charge on any atom is -0.328 e. The predicted molar refractivity (Wildman–Crippen MR) is 93.5 cm³/mol. The van der Waals surface area contributed by atoms with E-state index in [-0.39, 0.29) is 30.5 Å². The number of amides is 2. The van der Waals surface area contributed by atoms with Gasteiger partial charge in [0.1, 0.15) is 6.54 Å². The summed E-state index contributed by atoms with van der Waals surface area (Å²) < 4.78 is 39.4. The molecule has 1 fully saturated rings. The molecular formula is C19H17F3N4O2. The van der Waals surface area contributed by atoms with E-state index in [1.54, 1.807) is 6.07 Å². The molecule has 2 heterocycles. The number of aromatic nitrogens is 2. The molecule has 0 radical (unpaired) electrons. The largest absolute Gasteiger partial charge is 0.416 e. The number of benzene rings is 1. The van der Waals surface area contributed by atoms with Crippen molar-refractivity contribution in [1.82, 2.24) is 14.9 Å². The van der Waals surface area contributed by atoms with E-state index in [1.807, 2.05) is 6.92 Å². The summed E-state index contributed by atoms with van der Waals surface area (Å²) in [5.41, 5.74) is -0.631. The number of alkyl halides is 3. The molecule has 146 valence electrons. The molecule has 2 atom stereocenters. The highest BCUT2D eigenvalue weighted by Gasteiger charge is 2.58. The minimum atomic E-state index is -4.47. The van der Waals surface area contributed by atoms with Crippen LogP contribution in [-0.4, -0.2) is 39.8 Å². The number of halogens is 3. The third-order valence-corrected chi connectivity index (χ3v) is 5.48. The first kappa shape index (κ1) is 18.4. The molecule has 1 saturated carbocycles. The predicted octanol–water partition coefficient (Wildman–Crippen LogP) is 2.87. The molecule has 0 saturated heterocycles. The van der Waals surface area contributed by atoms with E-state index >= 15 is 0 Å². The van der Waals surface area contributed by atoms with Gasteiger partial charge >= 0.3 is 6.18 Å². The molecule has 2 amide bonds. The normalized spacial score (nSPS) is 23.5. The zero-order valence-electron chi connectivity index (χ0n) is 15.0. The molecule has 6 nitrogen and oxygen atoms in total. The van der Waals surface area contributed by atoms with E-state index in [0.29, 0.717) is 12.0 Å². The van der Waals surface area contributed by atoms with Crippen LogP contribution in [0.4, 0.5) is 19.1 Å². The number of nitrogens with zero attached hydrogens (tertiary/aromatic N) is 3. The van der Waals surface area contributed by atoms with Crippen molar-refractivity contribution in [1.29, 1.82) is 0 Å². The highest BCUT2D eigenvalue weighted by atomic mass is 19.4. The van der Waals surface area contributed by atoms with Gasteiger partial charge in [-0.1, -0.05) is 6.92 Å². The zero-order chi connectivity index (χ0) is 20.1. The summed E-state index contributed by atoms with van der Waals surface area (Å²) in [5.74, 6) is -0.650. The topological polar surface area (TPSA) is 75.2 Å². The molecule has 2 unspecified atom stereocenters. The van der Waals surface area contributed by atoms with E-state index in [4.69, 9.17) is 0 Å². The van der Waals surface area contributed by atoms with Crippen LogP contribution < -0.4 is 5.32 Å². The van der Waals surface area contributed by atoms with Crippen molar-refractivity contribution >= 4 is 17.8 Å². The summed E-state index contributed by atoms with van der Waals surface area (Å²) in [6, 6.07) is 4.83. The third kappa shape index (κ3) is 3.10. The van der Waals surface area contributed by atoms with E-state index in [1.165, 1.54) is 23.4 Å². The Balaban J connectivity index is 1.60. The Morgan fingerprint density at radius 2 is 2.00 bits per heavy atom. The molecule has 0 bridgehead atoms. The lowest BCUT2D eigenvalue weighted by atomic mass is 9.83. The van der Waals surface area contributed by atoms with Crippen molar-refractivity contribution in [2.75, 3.05) is 18.4 Å². The maximum absolute atomic E-state index is 13.1. The van der Waals surface area contributed by atoms with Gasteiger partial charge in [-0.2, -0.15) is 13.2 Å². The van der Waals surface area contributed by atoms with Gasteiger partial charge in [0.05, 0.1) is 5.56 Å². The van der Waals surface area contributed by atoms with Crippen molar-refractivity contribution < 1.29 is 22.8 Å². The molecule has 1 aliphatic heterocycles. The van der Waals surface area contributed by atoms with Gasteiger partial charge in [0.2, 0.25) is 11.9 Å². The van der Waals surface area contributed by atoms with E-state index < -0.39 is 29.0 Å². The lowest BCUT2D eigenvalue weighted by Gasteiger charge is -2.35. The fourth-order valence-electron chi connectivity index (χ4n) is 3.90. The molecular weight excluding hydrogens is 373 g/mol. The minimum absolute atomic E-state index is 0.127. The number of nitrogens with one attached hydrogen (secondary N) is 1. The summed E-state index contributed by atoms with van der Waals surface area (Å²) in [4.78, 5) is 34.3. The van der Waals surface area contributed by atoms with Crippen LogP contribution in [0, 0.1) is 5.92 Å². The van der Waals surface area contributed by atoms with Crippen LogP contribution in [0.25, 0.3) is 0 Å². The second-order valence-electron chi connectivity index (χ2n) is 7.30. The number of rotatable bonds is 3. The number of anilines is 1. The molecule has 2 aliphatic rings. The van der Waals surface area contributed by atoms with Gasteiger partial charge in [-0.05, 0) is 42.2 Å². The van der Waals surface area contributed by atoms with Gasteiger partial charge in [0.15, 0.2) is 0 Å². The molecule has 1 aromatic heterocycles. The lowest BCUT2D eigenvalue weighted by molar-refractivity contribution is -0.137. The van der Waals surface area contributed by atoms with E-state index in [0.717, 1.165) is 12.1 Å². The van der Waals surface area contributed by atoms with Crippen LogP contribution in [0.3, 0.4) is 0 Å². The Bertz CT molecular complexity index is 948. The average Bonchev–Trinajstić information content (AvgIpc) is 3.29. The first-order chi connectivity index (χ1) is 13.2. The maximum atomic E-state index is 13.1. The Morgan fingerprint density at radius 3 is 2.61 bits per heavy atom. The number of hydrogen-bond acceptors (Lipinski definition) is 4. The molecule has 9 heteroatoms. The second-order valence-corrected chi connectivity index (χ2v) is 7.30. The molecule has 1 aliphatic carbocycles. The summed E-state index contributed by atoms with van der Waals surface area (Å²) in [5, 5.41) is 2.52. The van der Waals surface area contributed by atoms with Crippen LogP contribution >= 0.6 is 0 Å². The van der Waals surface area contributed by atoms with Gasteiger partial charge in [-0.25, -0.2) is 9.97 Å². The first-order valence-corrected chi connectivity index (χ1v) is 8.78. The fraction of sp³-hybridized carbons (Fsp3) is 0.368. The summed E-state index contributed by atoms with van der Waals surface area (Å²) in [6.45, 7) is 1.94. The van der Waals surface area contributed by atoms with Crippen LogP contribution in [0.1, 0.15) is 34.8 Å². The Labute approximate surface area is 158 Å². The maximum Gasteiger partial charge on any atom is 0.416 e. The van der Waals surface area contributed by atoms with Crippen LogP contribution in [-0.2, 0) is 16.4 Å². The summed E-state index contributed by atoms with van der Waals surface area (Å²) in [7, 11) is 0. The first-order valence-electron chi connectivity index (χ1n) is 8.78. The van der Waals surface area contributed by atoms with Crippen molar-refractivity contribution in [3.8, 4) is 0 Å². The molecule has 4 rings (SSSR count). The van der Waals surface area contributed by atoms with Gasteiger partial charge < -0.3 is 4.90 Å². The van der Waals surface area contributed by atoms with Crippen molar-refractivity contribution in [2.24, 2.45) is 5.92 Å². The summed E-state index contributed by atoms with van der Waals surface area (Å²) in [6.07, 6.45) is -0.841. The molecule has 1 spiro atoms. The van der Waals surface area contributed by atoms with E-state index in [2.05, 4.69) is 15.3 Å². The van der Waals surface area contributed by atoms with Crippen LogP contribution in [0.5, 0.6) is 0 Å². The van der Waals surface area contributed by atoms with Crippen LogP contribution in [0.2, 0.25) is 0 Å². The monoisotopic (exact) mass is 390 g/mol. The smallest absolute Gasteiger partial charge is 0.328 e. The fourth-order valence-corrected chi connectivity index (χ4v) is 3.90. The molecule has 1 N–H and O–H groups in total. The molecule has 1 aromatic carbocycles. The number of carbonyl (C=O) groups is 2. The molecule has 2 aromatic rings. The average molecular weight is 390 g/mol. The Kier molecular flexibility index (Phi) is 4.13. The standard InChI is InChI=1S/C19H17F3N4O2/c1-11-8-18(11)10-26(9-15(27)25-17-23-5-2-6-24-17)16(28)13-4-3-12(7-14(13)18)19(20,21)22/h2-7,11H,8-10H2,1H3,(H,23,24,25,27). The number of hydrogen-bond donors (Lipinski definition) is 1. The molecule has 28 heavy (non-hydrogen) atoms. The van der Waals surface area contributed by atoms with Gasteiger partial charge in [0, 0.05) is 29.9 Å². The Morgan fingerprint density at radius 1 is 1.32 bits per heavy atom. The van der Waals surface area contributed by atoms with Gasteiger partial charge in [-0.3, -0.25) is 14.9 Å². The highest BCUT2D eigenvalue weighted by molar-refractivity contribution is 6.01. The lowest BCUT2D eigenvalue weighted by Crippen LogP contribution is -2.47. The van der Waals surface area contributed by atoms with Gasteiger partial charge in [-0.15, -0.1) is 0 Å². The van der Waals surface area contributed by atoms with Crippen molar-refractivity contribution in [2.45, 2.75) is 24.9 Å². The summed E-state index contributed by atoms with van der Waals surface area (Å²) >= 11 is 0. The second kappa shape index (κ2) is 6.29. The quantitative estimate of drug-likeness (QED) is 0.875. The number of carbonyl (C=O) groups excluding carboxylic acids is 2. The SMILES string of the molecule is CC1CC12CN(CC(=O)Nc1ncccn1)C(=O)c1ccc(C(F)(F)F)cc12. The van der Waals surface area contributed by atoms with Crippen LogP contribution in [0.15, 0.2) is 36.7 Å². The zero-order valence-corrected chi connectivity index (χ0v) is 15.0. The number of fused-ring (bicyclic) bond motifs is 2. The van der Waals surface area contributed by atoms with Gasteiger partial charge in [0.25, 0.3) is 5.91 Å². The highest BCUT2D eigenvalue weighted by Crippen LogP contribution is 2.57. The van der Waals surface area contributed by atoms with Crippen molar-refractivity contribution in [3.63, 3.8) is 0 Å².